The maximum Gasteiger partial charge on any atom is 0.242 e. The van der Waals surface area contributed by atoms with Crippen LogP contribution >= 0.6 is 0 Å². The molecule has 0 atom stereocenters. The lowest BCUT2D eigenvalue weighted by Crippen LogP contribution is -2.43. The standard InChI is InChI=1S/C8H16N6/c1-14-7(11-12-13-14)10-6-8(9)4-2-3-5-8/h2-6,9H2,1H3,(H,10,11,13). The second kappa shape index (κ2) is 3.53. The first kappa shape index (κ1) is 9.39. The molecule has 0 radical (unpaired) electrons. The number of hydrogen-bond donors (Lipinski definition) is 2. The predicted molar refractivity (Wildman–Crippen MR) is 52.7 cm³/mol. The van der Waals surface area contributed by atoms with Crippen LogP contribution in [0.15, 0.2) is 0 Å². The fourth-order valence-electron chi connectivity index (χ4n) is 1.89. The number of nitrogens with zero attached hydrogens (tertiary/aromatic N) is 4. The van der Waals surface area contributed by atoms with Crippen molar-refractivity contribution >= 4 is 5.95 Å². The minimum absolute atomic E-state index is 0.0635. The Morgan fingerprint density at radius 3 is 2.79 bits per heavy atom. The van der Waals surface area contributed by atoms with Crippen LogP contribution in [-0.2, 0) is 7.05 Å². The maximum absolute atomic E-state index is 6.19. The number of hydrogen-bond acceptors (Lipinski definition) is 5. The Morgan fingerprint density at radius 2 is 2.21 bits per heavy atom. The van der Waals surface area contributed by atoms with Crippen molar-refractivity contribution in [3.05, 3.63) is 0 Å². The average Bonchev–Trinajstić information content (AvgIpc) is 2.73. The van der Waals surface area contributed by atoms with E-state index in [1.54, 1.807) is 11.7 Å². The van der Waals surface area contributed by atoms with Crippen molar-refractivity contribution in [1.82, 2.24) is 20.2 Å². The Bertz CT molecular complexity index is 301. The molecule has 0 bridgehead atoms. The molecule has 78 valence electrons. The van der Waals surface area contributed by atoms with Gasteiger partial charge in [0.05, 0.1) is 0 Å². The van der Waals surface area contributed by atoms with Crippen molar-refractivity contribution in [1.29, 1.82) is 0 Å². The van der Waals surface area contributed by atoms with Gasteiger partial charge in [0.2, 0.25) is 5.95 Å². The summed E-state index contributed by atoms with van der Waals surface area (Å²) in [5, 5.41) is 14.3. The van der Waals surface area contributed by atoms with Crippen LogP contribution in [0.2, 0.25) is 0 Å². The lowest BCUT2D eigenvalue weighted by Gasteiger charge is -2.23. The molecule has 6 heteroatoms. The minimum Gasteiger partial charge on any atom is -0.351 e. The number of aryl methyl sites for hydroxylation is 1. The van der Waals surface area contributed by atoms with Gasteiger partial charge in [-0.05, 0) is 23.3 Å². The van der Waals surface area contributed by atoms with E-state index in [0.29, 0.717) is 5.95 Å². The van der Waals surface area contributed by atoms with Gasteiger partial charge in [-0.1, -0.05) is 17.9 Å². The van der Waals surface area contributed by atoms with Gasteiger partial charge in [0.1, 0.15) is 0 Å². The summed E-state index contributed by atoms with van der Waals surface area (Å²) in [5.74, 6) is 0.682. The molecule has 0 aliphatic heterocycles. The average molecular weight is 196 g/mol. The number of anilines is 1. The minimum atomic E-state index is -0.0635. The predicted octanol–water partition coefficient (Wildman–Crippen LogP) is -0.107. The third kappa shape index (κ3) is 1.84. The third-order valence-corrected chi connectivity index (χ3v) is 2.82. The summed E-state index contributed by atoms with van der Waals surface area (Å²) in [6, 6.07) is 0. The summed E-state index contributed by atoms with van der Waals surface area (Å²) in [6.45, 7) is 0.751. The SMILES string of the molecule is Cn1nnnc1NCC1(N)CCCC1. The van der Waals surface area contributed by atoms with Gasteiger partial charge in [-0.15, -0.1) is 0 Å². The summed E-state index contributed by atoms with van der Waals surface area (Å²) in [4.78, 5) is 0. The van der Waals surface area contributed by atoms with Crippen molar-refractivity contribution in [2.24, 2.45) is 12.8 Å². The monoisotopic (exact) mass is 196 g/mol. The molecule has 1 saturated carbocycles. The zero-order chi connectivity index (χ0) is 10.0. The molecule has 0 saturated heterocycles. The van der Waals surface area contributed by atoms with Crippen molar-refractivity contribution in [2.75, 3.05) is 11.9 Å². The van der Waals surface area contributed by atoms with Gasteiger partial charge in [-0.3, -0.25) is 0 Å². The molecule has 1 fully saturated rings. The van der Waals surface area contributed by atoms with E-state index in [1.807, 2.05) is 0 Å². The Hall–Kier alpha value is -1.17. The fourth-order valence-corrected chi connectivity index (χ4v) is 1.89. The van der Waals surface area contributed by atoms with Gasteiger partial charge in [0.15, 0.2) is 0 Å². The Labute approximate surface area is 82.9 Å². The van der Waals surface area contributed by atoms with Crippen LogP contribution in [0.1, 0.15) is 25.7 Å². The van der Waals surface area contributed by atoms with E-state index in [-0.39, 0.29) is 5.54 Å². The zero-order valence-electron chi connectivity index (χ0n) is 8.40. The second-order valence-electron chi connectivity index (χ2n) is 4.05. The van der Waals surface area contributed by atoms with Crippen molar-refractivity contribution in [3.63, 3.8) is 0 Å². The van der Waals surface area contributed by atoms with Gasteiger partial charge in [-0.25, -0.2) is 4.68 Å². The van der Waals surface area contributed by atoms with E-state index in [4.69, 9.17) is 5.73 Å². The van der Waals surface area contributed by atoms with Crippen LogP contribution in [0.4, 0.5) is 5.95 Å². The molecule has 0 unspecified atom stereocenters. The van der Waals surface area contributed by atoms with Crippen molar-refractivity contribution in [3.8, 4) is 0 Å². The van der Waals surface area contributed by atoms with Crippen LogP contribution in [0, 0.1) is 0 Å². The summed E-state index contributed by atoms with van der Waals surface area (Å²) >= 11 is 0. The molecule has 0 aromatic carbocycles. The van der Waals surface area contributed by atoms with Crippen LogP contribution in [0.5, 0.6) is 0 Å². The smallest absolute Gasteiger partial charge is 0.242 e. The first-order valence-electron chi connectivity index (χ1n) is 4.95. The molecule has 1 aromatic rings. The van der Waals surface area contributed by atoms with Crippen LogP contribution in [0.3, 0.4) is 0 Å². The van der Waals surface area contributed by atoms with Gasteiger partial charge in [0, 0.05) is 19.1 Å². The van der Waals surface area contributed by atoms with Gasteiger partial charge in [0.25, 0.3) is 0 Å². The van der Waals surface area contributed by atoms with Gasteiger partial charge in [-0.2, -0.15) is 0 Å². The molecule has 1 heterocycles. The van der Waals surface area contributed by atoms with E-state index in [2.05, 4.69) is 20.8 Å². The molecule has 2 rings (SSSR count). The van der Waals surface area contributed by atoms with E-state index in [1.165, 1.54) is 12.8 Å². The number of nitrogens with one attached hydrogen (secondary N) is 1. The lowest BCUT2D eigenvalue weighted by atomic mass is 10.00. The Balaban J connectivity index is 1.91. The van der Waals surface area contributed by atoms with Gasteiger partial charge < -0.3 is 11.1 Å². The second-order valence-corrected chi connectivity index (χ2v) is 4.05. The molecule has 0 spiro atoms. The third-order valence-electron chi connectivity index (χ3n) is 2.82. The molecule has 3 N–H and O–H groups in total. The molecular formula is C8H16N6. The van der Waals surface area contributed by atoms with E-state index in [9.17, 15) is 0 Å². The topological polar surface area (TPSA) is 81.7 Å². The quantitative estimate of drug-likeness (QED) is 0.705. The number of nitrogens with two attached hydrogens (primary N) is 1. The fraction of sp³-hybridized carbons (Fsp3) is 0.875. The largest absolute Gasteiger partial charge is 0.351 e. The van der Waals surface area contributed by atoms with Crippen molar-refractivity contribution in [2.45, 2.75) is 31.2 Å². The Morgan fingerprint density at radius 1 is 1.50 bits per heavy atom. The number of tetrazole rings is 1. The summed E-state index contributed by atoms with van der Waals surface area (Å²) in [5.41, 5.74) is 6.12. The molecule has 1 aliphatic carbocycles. The molecule has 14 heavy (non-hydrogen) atoms. The summed E-state index contributed by atoms with van der Waals surface area (Å²) < 4.78 is 1.61. The van der Waals surface area contributed by atoms with E-state index in [0.717, 1.165) is 19.4 Å². The molecule has 1 aromatic heterocycles. The lowest BCUT2D eigenvalue weighted by molar-refractivity contribution is 0.462. The van der Waals surface area contributed by atoms with E-state index >= 15 is 0 Å². The molecule has 0 amide bonds. The van der Waals surface area contributed by atoms with Crippen molar-refractivity contribution < 1.29 is 0 Å². The zero-order valence-corrected chi connectivity index (χ0v) is 8.40. The highest BCUT2D eigenvalue weighted by Crippen LogP contribution is 2.26. The maximum atomic E-state index is 6.19. The number of aromatic nitrogens is 4. The van der Waals surface area contributed by atoms with Gasteiger partial charge >= 0.3 is 0 Å². The highest BCUT2D eigenvalue weighted by atomic mass is 15.6. The first-order chi connectivity index (χ1) is 6.70. The van der Waals surface area contributed by atoms with Crippen LogP contribution in [-0.4, -0.2) is 32.3 Å². The molecular weight excluding hydrogens is 180 g/mol. The first-order valence-corrected chi connectivity index (χ1v) is 4.95. The summed E-state index contributed by atoms with van der Waals surface area (Å²) in [6.07, 6.45) is 4.64. The van der Waals surface area contributed by atoms with Crippen LogP contribution < -0.4 is 11.1 Å². The normalized spacial score (nSPS) is 19.9. The molecule has 1 aliphatic rings. The Kier molecular flexibility index (Phi) is 2.37. The summed E-state index contributed by atoms with van der Waals surface area (Å²) in [7, 11) is 1.81. The van der Waals surface area contributed by atoms with Crippen LogP contribution in [0.25, 0.3) is 0 Å². The highest BCUT2D eigenvalue weighted by molar-refractivity contribution is 5.22. The number of rotatable bonds is 3. The van der Waals surface area contributed by atoms with E-state index < -0.39 is 0 Å². The highest BCUT2D eigenvalue weighted by Gasteiger charge is 2.29. The molecule has 6 nitrogen and oxygen atoms in total.